The summed E-state index contributed by atoms with van der Waals surface area (Å²) >= 11 is 0. The SMILES string of the molecule is CN1CCCC[C@H](C(=O)O)C1=O. The number of aliphatic carboxylic acids is 1. The van der Waals surface area contributed by atoms with Crippen molar-refractivity contribution in [1.82, 2.24) is 4.90 Å². The summed E-state index contributed by atoms with van der Waals surface area (Å²) in [5.41, 5.74) is 0. The maximum atomic E-state index is 11.3. The zero-order chi connectivity index (χ0) is 9.14. The Balaban J connectivity index is 2.71. The number of carbonyl (C=O) groups excluding carboxylic acids is 1. The zero-order valence-corrected chi connectivity index (χ0v) is 7.12. The van der Waals surface area contributed by atoms with Crippen molar-refractivity contribution in [2.75, 3.05) is 13.6 Å². The molecule has 0 saturated carbocycles. The number of carboxylic acids is 1. The molecule has 1 N–H and O–H groups in total. The van der Waals surface area contributed by atoms with Crippen molar-refractivity contribution in [3.05, 3.63) is 0 Å². The quantitative estimate of drug-likeness (QED) is 0.578. The van der Waals surface area contributed by atoms with Gasteiger partial charge in [-0.05, 0) is 12.8 Å². The van der Waals surface area contributed by atoms with Crippen molar-refractivity contribution in [3.8, 4) is 0 Å². The molecule has 0 unspecified atom stereocenters. The van der Waals surface area contributed by atoms with Crippen LogP contribution in [0.25, 0.3) is 0 Å². The number of amides is 1. The molecule has 1 saturated heterocycles. The van der Waals surface area contributed by atoms with Crippen LogP contribution in [0.1, 0.15) is 19.3 Å². The van der Waals surface area contributed by atoms with Crippen molar-refractivity contribution < 1.29 is 14.7 Å². The molecule has 0 aliphatic carbocycles. The lowest BCUT2D eigenvalue weighted by Crippen LogP contribution is -2.35. The van der Waals surface area contributed by atoms with Gasteiger partial charge in [0, 0.05) is 13.6 Å². The summed E-state index contributed by atoms with van der Waals surface area (Å²) < 4.78 is 0. The standard InChI is InChI=1S/C8H13NO3/c1-9-5-3-2-4-6(7(9)10)8(11)12/h6H,2-5H2,1H3,(H,11,12)/t6-/m0/s1. The predicted molar refractivity (Wildman–Crippen MR) is 42.6 cm³/mol. The Hall–Kier alpha value is -1.06. The molecular formula is C8H13NO3. The van der Waals surface area contributed by atoms with Crippen LogP contribution in [0.2, 0.25) is 0 Å². The van der Waals surface area contributed by atoms with Crippen LogP contribution in [0.3, 0.4) is 0 Å². The van der Waals surface area contributed by atoms with E-state index in [2.05, 4.69) is 0 Å². The largest absolute Gasteiger partial charge is 0.481 e. The summed E-state index contributed by atoms with van der Waals surface area (Å²) in [4.78, 5) is 23.5. The molecule has 1 amide bonds. The first-order valence-electron chi connectivity index (χ1n) is 4.10. The average molecular weight is 171 g/mol. The molecule has 4 nitrogen and oxygen atoms in total. The molecule has 1 atom stereocenters. The van der Waals surface area contributed by atoms with E-state index >= 15 is 0 Å². The van der Waals surface area contributed by atoms with Gasteiger partial charge in [-0.1, -0.05) is 6.42 Å². The first-order chi connectivity index (χ1) is 5.63. The van der Waals surface area contributed by atoms with E-state index in [1.165, 1.54) is 4.90 Å². The number of hydrogen-bond donors (Lipinski definition) is 1. The Morgan fingerprint density at radius 2 is 2.25 bits per heavy atom. The molecule has 1 rings (SSSR count). The fourth-order valence-electron chi connectivity index (χ4n) is 1.43. The van der Waals surface area contributed by atoms with Crippen LogP contribution in [0, 0.1) is 5.92 Å². The third kappa shape index (κ3) is 1.75. The van der Waals surface area contributed by atoms with Crippen LogP contribution < -0.4 is 0 Å². The summed E-state index contributed by atoms with van der Waals surface area (Å²) in [7, 11) is 1.66. The van der Waals surface area contributed by atoms with Gasteiger partial charge in [-0.2, -0.15) is 0 Å². The maximum absolute atomic E-state index is 11.3. The second kappa shape index (κ2) is 3.56. The minimum atomic E-state index is -0.992. The van der Waals surface area contributed by atoms with Crippen LogP contribution in [-0.4, -0.2) is 35.5 Å². The minimum absolute atomic E-state index is 0.250. The van der Waals surface area contributed by atoms with Gasteiger partial charge in [0.25, 0.3) is 0 Å². The van der Waals surface area contributed by atoms with Gasteiger partial charge in [-0.15, -0.1) is 0 Å². The fraction of sp³-hybridized carbons (Fsp3) is 0.750. The Labute approximate surface area is 71.2 Å². The van der Waals surface area contributed by atoms with Gasteiger partial charge < -0.3 is 10.0 Å². The van der Waals surface area contributed by atoms with Gasteiger partial charge in [0.1, 0.15) is 5.92 Å². The smallest absolute Gasteiger partial charge is 0.316 e. The van der Waals surface area contributed by atoms with E-state index in [1.54, 1.807) is 7.05 Å². The van der Waals surface area contributed by atoms with Crippen LogP contribution in [0.15, 0.2) is 0 Å². The summed E-state index contributed by atoms with van der Waals surface area (Å²) in [6.07, 6.45) is 2.22. The van der Waals surface area contributed by atoms with Crippen LogP contribution in [0.4, 0.5) is 0 Å². The van der Waals surface area contributed by atoms with E-state index in [0.717, 1.165) is 12.8 Å². The zero-order valence-electron chi connectivity index (χ0n) is 7.12. The van der Waals surface area contributed by atoms with E-state index in [-0.39, 0.29) is 5.91 Å². The lowest BCUT2D eigenvalue weighted by molar-refractivity contribution is -0.150. The molecule has 12 heavy (non-hydrogen) atoms. The molecule has 68 valence electrons. The maximum Gasteiger partial charge on any atom is 0.316 e. The van der Waals surface area contributed by atoms with Gasteiger partial charge in [0.05, 0.1) is 0 Å². The van der Waals surface area contributed by atoms with Gasteiger partial charge >= 0.3 is 5.97 Å². The second-order valence-electron chi connectivity index (χ2n) is 3.15. The predicted octanol–water partition coefficient (Wildman–Crippen LogP) is 0.330. The lowest BCUT2D eigenvalue weighted by atomic mass is 10.0. The molecule has 0 aromatic carbocycles. The van der Waals surface area contributed by atoms with Crippen molar-refractivity contribution >= 4 is 11.9 Å². The topological polar surface area (TPSA) is 57.6 Å². The molecule has 0 bridgehead atoms. The Bertz CT molecular complexity index is 202. The summed E-state index contributed by atoms with van der Waals surface area (Å²) in [5.74, 6) is -2.05. The number of rotatable bonds is 1. The number of hydrogen-bond acceptors (Lipinski definition) is 2. The van der Waals surface area contributed by atoms with Gasteiger partial charge in [-0.3, -0.25) is 9.59 Å². The molecular weight excluding hydrogens is 158 g/mol. The monoisotopic (exact) mass is 171 g/mol. The molecule has 4 heteroatoms. The molecule has 1 heterocycles. The summed E-state index contributed by atoms with van der Waals surface area (Å²) in [6.45, 7) is 0.683. The molecule has 1 fully saturated rings. The highest BCUT2D eigenvalue weighted by atomic mass is 16.4. The molecule has 0 aromatic rings. The highest BCUT2D eigenvalue weighted by Gasteiger charge is 2.30. The van der Waals surface area contributed by atoms with Crippen LogP contribution in [0.5, 0.6) is 0 Å². The van der Waals surface area contributed by atoms with Crippen molar-refractivity contribution in [2.24, 2.45) is 5.92 Å². The molecule has 0 radical (unpaired) electrons. The molecule has 0 spiro atoms. The number of carboxylic acid groups (broad SMARTS) is 1. The van der Waals surface area contributed by atoms with Crippen LogP contribution in [-0.2, 0) is 9.59 Å². The second-order valence-corrected chi connectivity index (χ2v) is 3.15. The Morgan fingerprint density at radius 1 is 1.58 bits per heavy atom. The first kappa shape index (κ1) is 9.03. The third-order valence-corrected chi connectivity index (χ3v) is 2.21. The molecule has 0 aromatic heterocycles. The lowest BCUT2D eigenvalue weighted by Gasteiger charge is -2.16. The van der Waals surface area contributed by atoms with E-state index in [9.17, 15) is 9.59 Å². The van der Waals surface area contributed by atoms with Crippen molar-refractivity contribution in [2.45, 2.75) is 19.3 Å². The summed E-state index contributed by atoms with van der Waals surface area (Å²) in [6, 6.07) is 0. The number of carbonyl (C=O) groups is 2. The Kier molecular flexibility index (Phi) is 2.68. The van der Waals surface area contributed by atoms with E-state index < -0.39 is 11.9 Å². The minimum Gasteiger partial charge on any atom is -0.481 e. The van der Waals surface area contributed by atoms with Gasteiger partial charge in [0.15, 0.2) is 0 Å². The van der Waals surface area contributed by atoms with Crippen molar-refractivity contribution in [3.63, 3.8) is 0 Å². The van der Waals surface area contributed by atoms with E-state index in [0.29, 0.717) is 13.0 Å². The average Bonchev–Trinajstić information content (AvgIpc) is 2.15. The fourth-order valence-corrected chi connectivity index (χ4v) is 1.43. The number of likely N-dealkylation sites (tertiary alicyclic amines) is 1. The highest BCUT2D eigenvalue weighted by molar-refractivity contribution is 5.96. The normalized spacial score (nSPS) is 25.2. The third-order valence-electron chi connectivity index (χ3n) is 2.21. The highest BCUT2D eigenvalue weighted by Crippen LogP contribution is 2.16. The van der Waals surface area contributed by atoms with Crippen LogP contribution >= 0.6 is 0 Å². The molecule has 1 aliphatic heterocycles. The van der Waals surface area contributed by atoms with Gasteiger partial charge in [0.2, 0.25) is 5.91 Å². The van der Waals surface area contributed by atoms with Gasteiger partial charge in [-0.25, -0.2) is 0 Å². The molecule has 1 aliphatic rings. The van der Waals surface area contributed by atoms with E-state index in [1.807, 2.05) is 0 Å². The Morgan fingerprint density at radius 3 is 2.83 bits per heavy atom. The van der Waals surface area contributed by atoms with Crippen molar-refractivity contribution in [1.29, 1.82) is 0 Å². The van der Waals surface area contributed by atoms with E-state index in [4.69, 9.17) is 5.11 Å². The number of nitrogens with zero attached hydrogens (tertiary/aromatic N) is 1. The first-order valence-corrected chi connectivity index (χ1v) is 4.10. The summed E-state index contributed by atoms with van der Waals surface area (Å²) in [5, 5.41) is 8.70.